The lowest BCUT2D eigenvalue weighted by Gasteiger charge is -2.12. The van der Waals surface area contributed by atoms with Crippen LogP contribution in [-0.2, 0) is 6.54 Å². The summed E-state index contributed by atoms with van der Waals surface area (Å²) in [4.78, 5) is 0. The van der Waals surface area contributed by atoms with Gasteiger partial charge in [-0.25, -0.2) is 4.57 Å². The molecule has 4 heterocycles. The molecule has 0 aromatic carbocycles. The van der Waals surface area contributed by atoms with Gasteiger partial charge in [-0.2, -0.15) is 8.97 Å². The second-order valence-electron chi connectivity index (χ2n) is 4.57. The molecule has 1 unspecified atom stereocenters. The summed E-state index contributed by atoms with van der Waals surface area (Å²) in [6.45, 7) is 0.582. The molecule has 19 heavy (non-hydrogen) atoms. The molecule has 0 saturated carbocycles. The van der Waals surface area contributed by atoms with Crippen LogP contribution in [0.15, 0.2) is 55.0 Å². The van der Waals surface area contributed by atoms with Crippen LogP contribution in [0.5, 0.6) is 0 Å². The highest BCUT2D eigenvalue weighted by Crippen LogP contribution is 2.19. The molecule has 1 aliphatic rings. The fourth-order valence-electron chi connectivity index (χ4n) is 2.69. The molecule has 96 valence electrons. The van der Waals surface area contributed by atoms with Crippen molar-refractivity contribution in [2.45, 2.75) is 12.8 Å². The van der Waals surface area contributed by atoms with Crippen LogP contribution >= 0.6 is 0 Å². The highest BCUT2D eigenvalue weighted by atomic mass is 79.9. The highest BCUT2D eigenvalue weighted by molar-refractivity contribution is 5.53. The average molecular weight is 319 g/mol. The van der Waals surface area contributed by atoms with E-state index in [1.54, 1.807) is 0 Å². The average Bonchev–Trinajstić information content (AvgIpc) is 2.77. The van der Waals surface area contributed by atoms with Crippen molar-refractivity contribution >= 4 is 5.52 Å². The number of hydrogen-bond donors (Lipinski definition) is 1. The molecule has 3 aromatic heterocycles. The zero-order chi connectivity index (χ0) is 12.1. The molecule has 5 heteroatoms. The van der Waals surface area contributed by atoms with Gasteiger partial charge in [0.2, 0.25) is 0 Å². The van der Waals surface area contributed by atoms with Crippen LogP contribution in [0, 0.1) is 0 Å². The smallest absolute Gasteiger partial charge is 0.360 e. The Labute approximate surface area is 120 Å². The molecule has 0 aliphatic carbocycles. The standard InChI is InChI=1S/C14H13N3O.BrH/c18-13-10-15-9-11-5-1-3-7-16(11)14(15)12-6-2-4-8-17(12)13;/h1-9,13,18H,10H2;1H/q+2;/p-1. The Bertz CT molecular complexity index is 753. The summed E-state index contributed by atoms with van der Waals surface area (Å²) in [5, 5.41) is 10.2. The molecule has 3 aromatic rings. The number of aliphatic hydroxyl groups is 1. The van der Waals surface area contributed by atoms with Crippen LogP contribution in [-0.4, -0.2) is 9.51 Å². The van der Waals surface area contributed by atoms with Gasteiger partial charge in [0.25, 0.3) is 11.9 Å². The van der Waals surface area contributed by atoms with Gasteiger partial charge in [0.1, 0.15) is 6.20 Å². The molecule has 4 rings (SSSR count). The minimum absolute atomic E-state index is 0. The van der Waals surface area contributed by atoms with E-state index in [0.29, 0.717) is 6.54 Å². The molecule has 4 nitrogen and oxygen atoms in total. The zero-order valence-corrected chi connectivity index (χ0v) is 11.7. The number of hydrogen-bond acceptors (Lipinski definition) is 1. The summed E-state index contributed by atoms with van der Waals surface area (Å²) in [6.07, 6.45) is 5.55. The van der Waals surface area contributed by atoms with Crippen molar-refractivity contribution in [2.75, 3.05) is 0 Å². The van der Waals surface area contributed by atoms with Crippen molar-refractivity contribution in [1.29, 1.82) is 0 Å². The molecule has 1 N–H and O–H groups in total. The monoisotopic (exact) mass is 318 g/mol. The third-order valence-corrected chi connectivity index (χ3v) is 3.48. The van der Waals surface area contributed by atoms with E-state index in [-0.39, 0.29) is 17.0 Å². The summed E-state index contributed by atoms with van der Waals surface area (Å²) in [5.41, 5.74) is 2.17. The van der Waals surface area contributed by atoms with Crippen LogP contribution in [0.1, 0.15) is 6.23 Å². The Morgan fingerprint density at radius 2 is 2.00 bits per heavy atom. The van der Waals surface area contributed by atoms with Crippen molar-refractivity contribution in [2.24, 2.45) is 0 Å². The van der Waals surface area contributed by atoms with Crippen LogP contribution in [0.2, 0.25) is 0 Å². The van der Waals surface area contributed by atoms with E-state index in [9.17, 15) is 5.11 Å². The van der Waals surface area contributed by atoms with Gasteiger partial charge in [0, 0.05) is 12.1 Å². The Morgan fingerprint density at radius 3 is 2.89 bits per heavy atom. The van der Waals surface area contributed by atoms with Crippen LogP contribution < -0.4 is 26.1 Å². The topological polar surface area (TPSA) is 32.4 Å². The number of fused-ring (bicyclic) bond motifs is 5. The Hall–Kier alpha value is -1.72. The van der Waals surface area contributed by atoms with E-state index in [1.165, 1.54) is 0 Å². The first-order valence-electron chi connectivity index (χ1n) is 6.03. The van der Waals surface area contributed by atoms with E-state index < -0.39 is 6.23 Å². The Kier molecular flexibility index (Phi) is 2.88. The van der Waals surface area contributed by atoms with Gasteiger partial charge in [-0.3, -0.25) is 0 Å². The van der Waals surface area contributed by atoms with Gasteiger partial charge in [-0.1, -0.05) is 6.07 Å². The predicted molar refractivity (Wildman–Crippen MR) is 64.5 cm³/mol. The van der Waals surface area contributed by atoms with Crippen LogP contribution in [0.3, 0.4) is 0 Å². The maximum Gasteiger partial charge on any atom is 0.360 e. The van der Waals surface area contributed by atoms with Gasteiger partial charge in [0.15, 0.2) is 18.3 Å². The number of aromatic nitrogens is 3. The molecular formula is C14H13BrN3O+. The quantitative estimate of drug-likeness (QED) is 0.464. The van der Waals surface area contributed by atoms with Gasteiger partial charge in [-0.15, -0.1) is 0 Å². The van der Waals surface area contributed by atoms with Crippen molar-refractivity contribution in [3.8, 4) is 11.5 Å². The first-order valence-corrected chi connectivity index (χ1v) is 6.03. The van der Waals surface area contributed by atoms with E-state index in [2.05, 4.69) is 27.4 Å². The maximum absolute atomic E-state index is 10.2. The molecule has 0 fully saturated rings. The summed E-state index contributed by atoms with van der Waals surface area (Å²) in [7, 11) is 0. The zero-order valence-electron chi connectivity index (χ0n) is 10.1. The molecule has 0 spiro atoms. The van der Waals surface area contributed by atoms with Crippen molar-refractivity contribution < 1.29 is 31.2 Å². The molecule has 0 amide bonds. The second kappa shape index (κ2) is 4.43. The third kappa shape index (κ3) is 1.69. The Morgan fingerprint density at radius 1 is 1.16 bits per heavy atom. The number of aliphatic hydroxyl groups excluding tert-OH is 1. The minimum Gasteiger partial charge on any atom is -1.00 e. The number of rotatable bonds is 0. The van der Waals surface area contributed by atoms with Crippen LogP contribution in [0.25, 0.3) is 17.0 Å². The summed E-state index contributed by atoms with van der Waals surface area (Å²) < 4.78 is 6.17. The number of pyridine rings is 2. The molecule has 0 radical (unpaired) electrons. The van der Waals surface area contributed by atoms with Crippen molar-refractivity contribution in [1.82, 2.24) is 4.40 Å². The first kappa shape index (κ1) is 12.3. The number of halogens is 1. The fourth-order valence-corrected chi connectivity index (χ4v) is 2.69. The number of nitrogens with zero attached hydrogens (tertiary/aromatic N) is 3. The maximum atomic E-state index is 10.2. The summed E-state index contributed by atoms with van der Waals surface area (Å²) >= 11 is 0. The fraction of sp³-hybridized carbons (Fsp3) is 0.143. The van der Waals surface area contributed by atoms with E-state index in [0.717, 1.165) is 17.0 Å². The third-order valence-electron chi connectivity index (χ3n) is 3.48. The lowest BCUT2D eigenvalue weighted by atomic mass is 10.2. The molecule has 0 saturated heterocycles. The van der Waals surface area contributed by atoms with Crippen molar-refractivity contribution in [3.63, 3.8) is 0 Å². The van der Waals surface area contributed by atoms with Crippen molar-refractivity contribution in [3.05, 3.63) is 55.0 Å². The minimum atomic E-state index is -0.504. The Balaban J connectivity index is 0.00000110. The SMILES string of the molecule is OC1C[n+]2cc3ccccn3c2-c2cccc[n+]21.[Br-]. The van der Waals surface area contributed by atoms with Crippen LogP contribution in [0.4, 0.5) is 0 Å². The lowest BCUT2D eigenvalue weighted by Crippen LogP contribution is -3.00. The predicted octanol–water partition coefficient (Wildman–Crippen LogP) is -2.31. The molecule has 1 atom stereocenters. The number of imidazole rings is 1. The lowest BCUT2D eigenvalue weighted by molar-refractivity contribution is -0.840. The largest absolute Gasteiger partial charge is 1.00 e. The summed E-state index contributed by atoms with van der Waals surface area (Å²) in [5.74, 6) is 1.11. The van der Waals surface area contributed by atoms with Gasteiger partial charge in [0.05, 0.1) is 6.20 Å². The van der Waals surface area contributed by atoms with E-state index >= 15 is 0 Å². The molecule has 1 aliphatic heterocycles. The highest BCUT2D eigenvalue weighted by Gasteiger charge is 2.37. The van der Waals surface area contributed by atoms with E-state index in [1.807, 2.05) is 41.1 Å². The van der Waals surface area contributed by atoms with Gasteiger partial charge in [-0.05, 0) is 18.2 Å². The van der Waals surface area contributed by atoms with E-state index in [4.69, 9.17) is 0 Å². The van der Waals surface area contributed by atoms with Gasteiger partial charge >= 0.3 is 5.82 Å². The van der Waals surface area contributed by atoms with Gasteiger partial charge < -0.3 is 22.1 Å². The second-order valence-corrected chi connectivity index (χ2v) is 4.57. The summed E-state index contributed by atoms with van der Waals surface area (Å²) in [6, 6.07) is 12.1. The molecule has 0 bridgehead atoms. The molecular weight excluding hydrogens is 306 g/mol. The first-order chi connectivity index (χ1) is 8.84. The normalized spacial score (nSPS) is 16.6.